The molecule has 0 aromatic heterocycles. The third kappa shape index (κ3) is 6.28. The molecular weight excluding hydrogens is 186 g/mol. The van der Waals surface area contributed by atoms with Gasteiger partial charge in [-0.15, -0.1) is 0 Å². The number of rotatable bonds is 5. The maximum absolute atomic E-state index is 11.0. The van der Waals surface area contributed by atoms with Gasteiger partial charge in [-0.05, 0) is 13.3 Å². The lowest BCUT2D eigenvalue weighted by Gasteiger charge is -2.15. The van der Waals surface area contributed by atoms with Crippen molar-refractivity contribution in [1.82, 2.24) is 5.32 Å². The minimum atomic E-state index is -0.480. The van der Waals surface area contributed by atoms with Crippen LogP contribution in [0.3, 0.4) is 0 Å². The molecule has 0 aromatic carbocycles. The van der Waals surface area contributed by atoms with Gasteiger partial charge in [0.1, 0.15) is 6.61 Å². The molecule has 0 radical (unpaired) electrons. The molecule has 82 valence electrons. The first kappa shape index (κ1) is 12.7. The van der Waals surface area contributed by atoms with Crippen molar-refractivity contribution in [1.29, 1.82) is 0 Å². The summed E-state index contributed by atoms with van der Waals surface area (Å²) in [6, 6.07) is -0.182. The number of carbonyl (C=O) groups is 2. The first-order valence-electron chi connectivity index (χ1n) is 4.66. The molecule has 0 aromatic rings. The van der Waals surface area contributed by atoms with Gasteiger partial charge in [0, 0.05) is 6.92 Å². The van der Waals surface area contributed by atoms with Crippen LogP contribution in [-0.4, -0.2) is 31.3 Å². The first-order chi connectivity index (χ1) is 6.60. The summed E-state index contributed by atoms with van der Waals surface area (Å²) in [4.78, 5) is 21.5. The highest BCUT2D eigenvalue weighted by atomic mass is 16.6. The summed E-state index contributed by atoms with van der Waals surface area (Å²) in [5.74, 6) is -0.353. The van der Waals surface area contributed by atoms with Crippen LogP contribution < -0.4 is 5.32 Å². The van der Waals surface area contributed by atoms with E-state index in [-0.39, 0.29) is 18.6 Å². The van der Waals surface area contributed by atoms with Gasteiger partial charge in [0.15, 0.2) is 0 Å². The molecule has 1 atom stereocenters. The normalized spacial score (nSPS) is 11.6. The van der Waals surface area contributed by atoms with E-state index >= 15 is 0 Å². The van der Waals surface area contributed by atoms with E-state index in [0.717, 1.165) is 0 Å². The first-order valence-corrected chi connectivity index (χ1v) is 4.66. The van der Waals surface area contributed by atoms with Crippen molar-refractivity contribution >= 4 is 12.1 Å². The van der Waals surface area contributed by atoms with Crippen LogP contribution in [0, 0.1) is 0 Å². The Morgan fingerprint density at radius 3 is 2.36 bits per heavy atom. The van der Waals surface area contributed by atoms with Crippen LogP contribution in [0.1, 0.15) is 27.2 Å². The summed E-state index contributed by atoms with van der Waals surface area (Å²) < 4.78 is 9.46. The molecule has 5 nitrogen and oxygen atoms in total. The molecule has 14 heavy (non-hydrogen) atoms. The molecule has 1 amide bonds. The molecule has 5 heteroatoms. The molecule has 0 heterocycles. The number of carbonyl (C=O) groups excluding carboxylic acids is 2. The maximum atomic E-state index is 11.0. The van der Waals surface area contributed by atoms with Gasteiger partial charge in [-0.2, -0.15) is 0 Å². The zero-order chi connectivity index (χ0) is 11.0. The number of ether oxygens (including phenoxy) is 2. The topological polar surface area (TPSA) is 64.6 Å². The van der Waals surface area contributed by atoms with Gasteiger partial charge in [-0.3, -0.25) is 4.79 Å². The lowest BCUT2D eigenvalue weighted by atomic mass is 10.2. The highest BCUT2D eigenvalue weighted by Gasteiger charge is 2.11. The Labute approximate surface area is 83.8 Å². The van der Waals surface area contributed by atoms with Gasteiger partial charge >= 0.3 is 12.1 Å². The van der Waals surface area contributed by atoms with Gasteiger partial charge in [-0.1, -0.05) is 6.92 Å². The smallest absolute Gasteiger partial charge is 0.407 e. The van der Waals surface area contributed by atoms with Crippen LogP contribution in [0.2, 0.25) is 0 Å². The van der Waals surface area contributed by atoms with Crippen LogP contribution in [0.15, 0.2) is 0 Å². The maximum Gasteiger partial charge on any atom is 0.407 e. The fourth-order valence-electron chi connectivity index (χ4n) is 0.819. The van der Waals surface area contributed by atoms with E-state index in [1.807, 2.05) is 6.92 Å². The summed E-state index contributed by atoms with van der Waals surface area (Å²) in [7, 11) is 0. The van der Waals surface area contributed by atoms with Gasteiger partial charge in [0.2, 0.25) is 0 Å². The Morgan fingerprint density at radius 2 is 1.93 bits per heavy atom. The SMILES string of the molecule is CCOC(=O)N[C@@H](CC)COC(C)=O. The third-order valence-corrected chi connectivity index (χ3v) is 1.58. The number of nitrogens with one attached hydrogen (secondary N) is 1. The Bertz CT molecular complexity index is 193. The van der Waals surface area contributed by atoms with E-state index in [1.54, 1.807) is 6.92 Å². The zero-order valence-electron chi connectivity index (χ0n) is 8.83. The molecule has 0 aliphatic heterocycles. The summed E-state index contributed by atoms with van der Waals surface area (Å²) >= 11 is 0. The Hall–Kier alpha value is -1.26. The van der Waals surface area contributed by atoms with E-state index in [2.05, 4.69) is 5.32 Å². The second-order valence-corrected chi connectivity index (χ2v) is 2.77. The van der Waals surface area contributed by atoms with E-state index in [1.165, 1.54) is 6.92 Å². The predicted octanol–water partition coefficient (Wildman–Crippen LogP) is 1.07. The Balaban J connectivity index is 3.78. The molecule has 0 unspecified atom stereocenters. The summed E-state index contributed by atoms with van der Waals surface area (Å²) in [5, 5.41) is 2.58. The van der Waals surface area contributed by atoms with E-state index < -0.39 is 6.09 Å². The van der Waals surface area contributed by atoms with Crippen molar-refractivity contribution in [3.63, 3.8) is 0 Å². The summed E-state index contributed by atoms with van der Waals surface area (Å²) in [6.07, 6.45) is 0.207. The fraction of sp³-hybridized carbons (Fsp3) is 0.778. The largest absolute Gasteiger partial charge is 0.464 e. The standard InChI is InChI=1S/C9H17NO4/c1-4-8(6-14-7(3)11)10-9(12)13-5-2/h8H,4-6H2,1-3H3,(H,10,12)/t8-/m0/s1. The molecule has 0 saturated heterocycles. The minimum Gasteiger partial charge on any atom is -0.464 e. The second kappa shape index (κ2) is 7.17. The molecule has 1 N–H and O–H groups in total. The second-order valence-electron chi connectivity index (χ2n) is 2.77. The van der Waals surface area contributed by atoms with Gasteiger partial charge in [0.25, 0.3) is 0 Å². The van der Waals surface area contributed by atoms with Crippen molar-refractivity contribution in [3.8, 4) is 0 Å². The molecule has 0 fully saturated rings. The van der Waals surface area contributed by atoms with Gasteiger partial charge < -0.3 is 14.8 Å². The Kier molecular flexibility index (Phi) is 6.53. The molecule has 0 spiro atoms. The van der Waals surface area contributed by atoms with Crippen molar-refractivity contribution in [3.05, 3.63) is 0 Å². The summed E-state index contributed by atoms with van der Waals surface area (Å²) in [5.41, 5.74) is 0. The van der Waals surface area contributed by atoms with Gasteiger partial charge in [0.05, 0.1) is 12.6 Å². The number of amides is 1. The average Bonchev–Trinajstić information content (AvgIpc) is 2.12. The van der Waals surface area contributed by atoms with Crippen LogP contribution in [0.4, 0.5) is 4.79 Å². The number of alkyl carbamates (subject to hydrolysis) is 1. The zero-order valence-corrected chi connectivity index (χ0v) is 8.83. The van der Waals surface area contributed by atoms with Crippen molar-refractivity contribution < 1.29 is 19.1 Å². The van der Waals surface area contributed by atoms with Crippen molar-refractivity contribution in [2.45, 2.75) is 33.2 Å². The van der Waals surface area contributed by atoms with Crippen LogP contribution in [-0.2, 0) is 14.3 Å². The number of hydrogen-bond donors (Lipinski definition) is 1. The average molecular weight is 203 g/mol. The Morgan fingerprint density at radius 1 is 1.29 bits per heavy atom. The quantitative estimate of drug-likeness (QED) is 0.679. The lowest BCUT2D eigenvalue weighted by Crippen LogP contribution is -2.38. The molecule has 0 rings (SSSR count). The van der Waals surface area contributed by atoms with E-state index in [9.17, 15) is 9.59 Å². The molecule has 0 saturated carbocycles. The predicted molar refractivity (Wildman–Crippen MR) is 50.9 cm³/mol. The van der Waals surface area contributed by atoms with Crippen LogP contribution in [0.5, 0.6) is 0 Å². The number of hydrogen-bond acceptors (Lipinski definition) is 4. The molecule has 0 aliphatic rings. The van der Waals surface area contributed by atoms with E-state index in [0.29, 0.717) is 13.0 Å². The number of esters is 1. The van der Waals surface area contributed by atoms with Crippen LogP contribution in [0.25, 0.3) is 0 Å². The molecule has 0 aliphatic carbocycles. The fourth-order valence-corrected chi connectivity index (χ4v) is 0.819. The molecular formula is C9H17NO4. The monoisotopic (exact) mass is 203 g/mol. The highest BCUT2D eigenvalue weighted by Crippen LogP contribution is 1.93. The third-order valence-electron chi connectivity index (χ3n) is 1.58. The van der Waals surface area contributed by atoms with Crippen LogP contribution >= 0.6 is 0 Å². The lowest BCUT2D eigenvalue weighted by molar-refractivity contribution is -0.141. The molecule has 0 bridgehead atoms. The summed E-state index contributed by atoms with van der Waals surface area (Å²) in [6.45, 7) is 5.46. The van der Waals surface area contributed by atoms with Gasteiger partial charge in [-0.25, -0.2) is 4.79 Å². The van der Waals surface area contributed by atoms with Crippen molar-refractivity contribution in [2.24, 2.45) is 0 Å². The highest BCUT2D eigenvalue weighted by molar-refractivity contribution is 5.68. The van der Waals surface area contributed by atoms with Crippen molar-refractivity contribution in [2.75, 3.05) is 13.2 Å². The van der Waals surface area contributed by atoms with E-state index in [4.69, 9.17) is 9.47 Å². The minimum absolute atomic E-state index is 0.182.